The SMILES string of the molecule is Cl.OC(COc1ccc2c(c1)CCC2)CN1CCc2ccccc2C1. The van der Waals surface area contributed by atoms with E-state index in [0.717, 1.165) is 31.7 Å². The van der Waals surface area contributed by atoms with Gasteiger partial charge in [0.25, 0.3) is 0 Å². The van der Waals surface area contributed by atoms with Crippen LogP contribution in [0.5, 0.6) is 5.75 Å². The molecule has 0 fully saturated rings. The molecule has 25 heavy (non-hydrogen) atoms. The van der Waals surface area contributed by atoms with Crippen molar-refractivity contribution in [1.29, 1.82) is 0 Å². The summed E-state index contributed by atoms with van der Waals surface area (Å²) in [6.45, 7) is 2.95. The number of ether oxygens (including phenoxy) is 1. The van der Waals surface area contributed by atoms with Crippen LogP contribution in [0.25, 0.3) is 0 Å². The molecule has 1 atom stereocenters. The predicted octanol–water partition coefficient (Wildman–Crippen LogP) is 3.40. The second-order valence-corrected chi connectivity index (χ2v) is 7.00. The Balaban J connectivity index is 0.00000182. The fourth-order valence-corrected chi connectivity index (χ4v) is 3.89. The van der Waals surface area contributed by atoms with Crippen LogP contribution in [-0.4, -0.2) is 35.8 Å². The van der Waals surface area contributed by atoms with Gasteiger partial charge in [-0.15, -0.1) is 12.4 Å². The second kappa shape index (κ2) is 8.22. The van der Waals surface area contributed by atoms with E-state index in [1.54, 1.807) is 0 Å². The first kappa shape index (κ1) is 18.2. The summed E-state index contributed by atoms with van der Waals surface area (Å²) in [6.07, 6.45) is 4.20. The third-order valence-electron chi connectivity index (χ3n) is 5.19. The number of hydrogen-bond acceptors (Lipinski definition) is 3. The van der Waals surface area contributed by atoms with Crippen molar-refractivity contribution in [2.45, 2.75) is 38.3 Å². The van der Waals surface area contributed by atoms with Crippen molar-refractivity contribution in [3.63, 3.8) is 0 Å². The van der Waals surface area contributed by atoms with Crippen LogP contribution in [0.1, 0.15) is 28.7 Å². The maximum absolute atomic E-state index is 10.3. The Morgan fingerprint density at radius 2 is 1.72 bits per heavy atom. The van der Waals surface area contributed by atoms with Gasteiger partial charge in [0.05, 0.1) is 0 Å². The van der Waals surface area contributed by atoms with Crippen molar-refractivity contribution in [3.05, 3.63) is 64.7 Å². The van der Waals surface area contributed by atoms with Gasteiger partial charge >= 0.3 is 0 Å². The van der Waals surface area contributed by atoms with E-state index < -0.39 is 6.10 Å². The highest BCUT2D eigenvalue weighted by molar-refractivity contribution is 5.85. The molecule has 0 saturated heterocycles. The Morgan fingerprint density at radius 1 is 0.960 bits per heavy atom. The number of benzene rings is 2. The molecular formula is C21H26ClNO2. The van der Waals surface area contributed by atoms with Gasteiger partial charge in [0.2, 0.25) is 0 Å². The number of nitrogens with zero attached hydrogens (tertiary/aromatic N) is 1. The first-order chi connectivity index (χ1) is 11.8. The average Bonchev–Trinajstić information content (AvgIpc) is 3.07. The van der Waals surface area contributed by atoms with Crippen LogP contribution in [0, 0.1) is 0 Å². The van der Waals surface area contributed by atoms with E-state index in [1.807, 2.05) is 6.07 Å². The minimum absolute atomic E-state index is 0. The van der Waals surface area contributed by atoms with Crippen LogP contribution >= 0.6 is 12.4 Å². The minimum Gasteiger partial charge on any atom is -0.491 e. The van der Waals surface area contributed by atoms with Crippen molar-refractivity contribution >= 4 is 12.4 Å². The van der Waals surface area contributed by atoms with Gasteiger partial charge < -0.3 is 9.84 Å². The summed E-state index contributed by atoms with van der Waals surface area (Å²) >= 11 is 0. The van der Waals surface area contributed by atoms with Gasteiger partial charge in [-0.3, -0.25) is 4.90 Å². The third-order valence-corrected chi connectivity index (χ3v) is 5.19. The third kappa shape index (κ3) is 4.35. The van der Waals surface area contributed by atoms with Gasteiger partial charge in [-0.1, -0.05) is 30.3 Å². The largest absolute Gasteiger partial charge is 0.491 e. The standard InChI is InChI=1S/C21H25NO2.ClH/c23-20(14-22-11-10-17-4-1-2-5-19(17)13-22)15-24-21-9-8-16-6-3-7-18(16)12-21;/h1-2,4-5,8-9,12,20,23H,3,6-7,10-11,13-15H2;1H. The van der Waals surface area contributed by atoms with Crippen molar-refractivity contribution in [1.82, 2.24) is 4.90 Å². The maximum atomic E-state index is 10.3. The number of fused-ring (bicyclic) bond motifs is 2. The van der Waals surface area contributed by atoms with Crippen molar-refractivity contribution in [3.8, 4) is 5.75 Å². The lowest BCUT2D eigenvalue weighted by Crippen LogP contribution is -2.38. The Hall–Kier alpha value is -1.55. The lowest BCUT2D eigenvalue weighted by atomic mass is 10.00. The van der Waals surface area contributed by atoms with Crippen LogP contribution in [0.2, 0.25) is 0 Å². The summed E-state index contributed by atoms with van der Waals surface area (Å²) in [5, 5.41) is 10.3. The molecule has 1 unspecified atom stereocenters. The van der Waals surface area contributed by atoms with Crippen LogP contribution in [0.3, 0.4) is 0 Å². The maximum Gasteiger partial charge on any atom is 0.119 e. The van der Waals surface area contributed by atoms with E-state index in [1.165, 1.54) is 35.1 Å². The molecule has 1 aliphatic carbocycles. The van der Waals surface area contributed by atoms with Gasteiger partial charge in [0.15, 0.2) is 0 Å². The fourth-order valence-electron chi connectivity index (χ4n) is 3.89. The van der Waals surface area contributed by atoms with E-state index in [4.69, 9.17) is 4.74 Å². The van der Waals surface area contributed by atoms with E-state index in [9.17, 15) is 5.11 Å². The van der Waals surface area contributed by atoms with Gasteiger partial charge in [-0.25, -0.2) is 0 Å². The number of aliphatic hydroxyl groups is 1. The first-order valence-corrected chi connectivity index (χ1v) is 9.00. The minimum atomic E-state index is -0.455. The first-order valence-electron chi connectivity index (χ1n) is 9.00. The molecule has 0 radical (unpaired) electrons. The number of rotatable bonds is 5. The van der Waals surface area contributed by atoms with E-state index in [-0.39, 0.29) is 12.4 Å². The number of hydrogen-bond donors (Lipinski definition) is 1. The number of aryl methyl sites for hydroxylation is 2. The predicted molar refractivity (Wildman–Crippen MR) is 103 cm³/mol. The highest BCUT2D eigenvalue weighted by Gasteiger charge is 2.19. The van der Waals surface area contributed by atoms with Gasteiger partial charge in [-0.05, 0) is 60.1 Å². The van der Waals surface area contributed by atoms with E-state index in [2.05, 4.69) is 41.3 Å². The zero-order valence-electron chi connectivity index (χ0n) is 14.5. The molecule has 4 heteroatoms. The number of β-amino-alcohol motifs (C(OH)–C–C–N with tert-alkyl or cyclic N) is 1. The molecule has 0 spiro atoms. The smallest absolute Gasteiger partial charge is 0.119 e. The Kier molecular flexibility index (Phi) is 6.00. The molecule has 3 nitrogen and oxygen atoms in total. The summed E-state index contributed by atoms with van der Waals surface area (Å²) in [4.78, 5) is 2.32. The number of aliphatic hydroxyl groups excluding tert-OH is 1. The molecule has 2 aromatic rings. The second-order valence-electron chi connectivity index (χ2n) is 7.00. The van der Waals surface area contributed by atoms with Crippen molar-refractivity contribution in [2.24, 2.45) is 0 Å². The fraction of sp³-hybridized carbons (Fsp3) is 0.429. The van der Waals surface area contributed by atoms with Crippen molar-refractivity contribution < 1.29 is 9.84 Å². The summed E-state index contributed by atoms with van der Waals surface area (Å²) < 4.78 is 5.83. The normalized spacial score (nSPS) is 17.3. The Morgan fingerprint density at radius 3 is 2.60 bits per heavy atom. The lowest BCUT2D eigenvalue weighted by molar-refractivity contribution is 0.0637. The summed E-state index contributed by atoms with van der Waals surface area (Å²) in [7, 11) is 0. The van der Waals surface area contributed by atoms with Crippen LogP contribution in [-0.2, 0) is 25.8 Å². The summed E-state index contributed by atoms with van der Waals surface area (Å²) in [5.41, 5.74) is 5.69. The summed E-state index contributed by atoms with van der Waals surface area (Å²) in [5.74, 6) is 0.888. The quantitative estimate of drug-likeness (QED) is 0.888. The zero-order chi connectivity index (χ0) is 16.4. The van der Waals surface area contributed by atoms with Gasteiger partial charge in [-0.2, -0.15) is 0 Å². The van der Waals surface area contributed by atoms with E-state index >= 15 is 0 Å². The van der Waals surface area contributed by atoms with Crippen LogP contribution in [0.4, 0.5) is 0 Å². The molecule has 1 heterocycles. The molecular weight excluding hydrogens is 334 g/mol. The topological polar surface area (TPSA) is 32.7 Å². The molecule has 0 bridgehead atoms. The Labute approximate surface area is 156 Å². The lowest BCUT2D eigenvalue weighted by Gasteiger charge is -2.30. The molecule has 4 rings (SSSR count). The van der Waals surface area contributed by atoms with E-state index in [0.29, 0.717) is 13.2 Å². The average molecular weight is 360 g/mol. The molecule has 2 aromatic carbocycles. The molecule has 0 amide bonds. The molecule has 1 aliphatic heterocycles. The monoisotopic (exact) mass is 359 g/mol. The van der Waals surface area contributed by atoms with Gasteiger partial charge in [0, 0.05) is 19.6 Å². The molecule has 2 aliphatic rings. The van der Waals surface area contributed by atoms with Crippen LogP contribution in [0.15, 0.2) is 42.5 Å². The van der Waals surface area contributed by atoms with Crippen LogP contribution < -0.4 is 4.74 Å². The molecule has 0 saturated carbocycles. The van der Waals surface area contributed by atoms with Crippen molar-refractivity contribution in [2.75, 3.05) is 19.7 Å². The highest BCUT2D eigenvalue weighted by Crippen LogP contribution is 2.26. The molecule has 0 aromatic heterocycles. The summed E-state index contributed by atoms with van der Waals surface area (Å²) in [6, 6.07) is 14.9. The zero-order valence-corrected chi connectivity index (χ0v) is 15.3. The molecule has 1 N–H and O–H groups in total. The molecule has 134 valence electrons. The van der Waals surface area contributed by atoms with Gasteiger partial charge in [0.1, 0.15) is 18.5 Å². The number of halogens is 1. The Bertz CT molecular complexity index is 719. The highest BCUT2D eigenvalue weighted by atomic mass is 35.5.